The second-order valence-corrected chi connectivity index (χ2v) is 7.97. The van der Waals surface area contributed by atoms with E-state index in [2.05, 4.69) is 20.5 Å². The van der Waals surface area contributed by atoms with E-state index in [1.165, 1.54) is 27.7 Å². The van der Waals surface area contributed by atoms with E-state index in [0.717, 1.165) is 5.01 Å². The van der Waals surface area contributed by atoms with Crippen LogP contribution < -0.4 is 10.9 Å². The minimum atomic E-state index is -0.233. The molecule has 0 bridgehead atoms. The zero-order valence-corrected chi connectivity index (χ0v) is 16.5. The zero-order chi connectivity index (χ0) is 19.5. The van der Waals surface area contributed by atoms with Gasteiger partial charge in [-0.2, -0.15) is 0 Å². The molecule has 0 saturated carbocycles. The smallest absolute Gasteiger partial charge is 0.266 e. The Kier molecular flexibility index (Phi) is 5.18. The Bertz CT molecular complexity index is 1200. The molecule has 0 spiro atoms. The lowest BCUT2D eigenvalue weighted by Gasteiger charge is -2.13. The summed E-state index contributed by atoms with van der Waals surface area (Å²) >= 11 is 2.51. The van der Waals surface area contributed by atoms with Crippen molar-refractivity contribution in [2.45, 2.75) is 12.1 Å². The van der Waals surface area contributed by atoms with E-state index >= 15 is 0 Å². The summed E-state index contributed by atoms with van der Waals surface area (Å²) < 4.78 is 1.54. The first kappa shape index (κ1) is 18.3. The number of aromatic nitrogens is 4. The fourth-order valence-electron chi connectivity index (χ4n) is 2.65. The maximum atomic E-state index is 13.1. The minimum absolute atomic E-state index is 0.0935. The molecule has 7 nitrogen and oxygen atoms in total. The van der Waals surface area contributed by atoms with Crippen LogP contribution in [0.2, 0.25) is 0 Å². The number of anilines is 1. The van der Waals surface area contributed by atoms with Crippen LogP contribution in [0, 0.1) is 6.92 Å². The number of nitrogens with zero attached hydrogens (tertiary/aromatic N) is 4. The maximum absolute atomic E-state index is 13.1. The fourth-order valence-corrected chi connectivity index (χ4v) is 4.07. The topological polar surface area (TPSA) is 89.8 Å². The molecule has 2 aromatic carbocycles. The average Bonchev–Trinajstić information content (AvgIpc) is 3.11. The van der Waals surface area contributed by atoms with E-state index in [9.17, 15) is 9.59 Å². The number of hydrogen-bond donors (Lipinski definition) is 1. The molecule has 0 unspecified atom stereocenters. The first-order chi connectivity index (χ1) is 13.6. The molecule has 28 heavy (non-hydrogen) atoms. The highest BCUT2D eigenvalue weighted by Crippen LogP contribution is 2.22. The van der Waals surface area contributed by atoms with Gasteiger partial charge in [-0.05, 0) is 31.2 Å². The summed E-state index contributed by atoms with van der Waals surface area (Å²) in [5.74, 6) is -0.140. The lowest BCUT2D eigenvalue weighted by atomic mass is 10.2. The SMILES string of the molecule is Cc1nnc(NC(=O)CSc2nc3ccccc3c(=O)n2-c2ccccc2)s1. The lowest BCUT2D eigenvalue weighted by Crippen LogP contribution is -2.22. The van der Waals surface area contributed by atoms with Crippen LogP contribution >= 0.6 is 23.1 Å². The lowest BCUT2D eigenvalue weighted by molar-refractivity contribution is -0.113. The number of fused-ring (bicyclic) bond motifs is 1. The standard InChI is InChI=1S/C19H15N5O2S2/c1-12-22-23-18(28-12)21-16(25)11-27-19-20-15-10-6-5-9-14(15)17(26)24(19)13-7-3-2-4-8-13/h2-10H,11H2,1H3,(H,21,23,25). The van der Waals surface area contributed by atoms with Gasteiger partial charge < -0.3 is 0 Å². The summed E-state index contributed by atoms with van der Waals surface area (Å²) in [6.45, 7) is 1.82. The third kappa shape index (κ3) is 3.80. The second-order valence-electron chi connectivity index (χ2n) is 5.85. The second kappa shape index (κ2) is 7.91. The average molecular weight is 409 g/mol. The number of carbonyl (C=O) groups excluding carboxylic acids is 1. The predicted molar refractivity (Wildman–Crippen MR) is 111 cm³/mol. The normalized spacial score (nSPS) is 10.9. The van der Waals surface area contributed by atoms with Gasteiger partial charge in [-0.25, -0.2) is 4.98 Å². The summed E-state index contributed by atoms with van der Waals surface area (Å²) in [5.41, 5.74) is 1.13. The monoisotopic (exact) mass is 409 g/mol. The molecule has 4 aromatic rings. The van der Waals surface area contributed by atoms with Crippen molar-refractivity contribution in [2.75, 3.05) is 11.1 Å². The van der Waals surface area contributed by atoms with Crippen molar-refractivity contribution >= 4 is 45.0 Å². The van der Waals surface area contributed by atoms with Crippen LogP contribution in [0.25, 0.3) is 16.6 Å². The van der Waals surface area contributed by atoms with Crippen LogP contribution in [0.15, 0.2) is 64.5 Å². The Morgan fingerprint density at radius 3 is 2.61 bits per heavy atom. The molecule has 1 N–H and O–H groups in total. The van der Waals surface area contributed by atoms with E-state index in [4.69, 9.17) is 0 Å². The van der Waals surface area contributed by atoms with Gasteiger partial charge in [0.25, 0.3) is 5.56 Å². The molecule has 0 atom stereocenters. The number of amides is 1. The van der Waals surface area contributed by atoms with Crippen LogP contribution in [0.1, 0.15) is 5.01 Å². The van der Waals surface area contributed by atoms with E-state index < -0.39 is 0 Å². The van der Waals surface area contributed by atoms with E-state index in [1.54, 1.807) is 12.1 Å². The van der Waals surface area contributed by atoms with Gasteiger partial charge >= 0.3 is 0 Å². The van der Waals surface area contributed by atoms with Crippen LogP contribution in [0.5, 0.6) is 0 Å². The molecule has 4 rings (SSSR count). The quantitative estimate of drug-likeness (QED) is 0.402. The summed E-state index contributed by atoms with van der Waals surface area (Å²) in [4.78, 5) is 30.0. The van der Waals surface area contributed by atoms with E-state index in [0.29, 0.717) is 26.9 Å². The summed E-state index contributed by atoms with van der Waals surface area (Å²) in [6, 6.07) is 16.5. The highest BCUT2D eigenvalue weighted by molar-refractivity contribution is 7.99. The molecule has 0 aliphatic carbocycles. The Balaban J connectivity index is 1.67. The zero-order valence-electron chi connectivity index (χ0n) is 14.8. The molecule has 140 valence electrons. The van der Waals surface area contributed by atoms with Crippen LogP contribution in [-0.4, -0.2) is 31.4 Å². The van der Waals surface area contributed by atoms with Gasteiger partial charge in [-0.1, -0.05) is 53.4 Å². The van der Waals surface area contributed by atoms with Crippen molar-refractivity contribution in [3.63, 3.8) is 0 Å². The maximum Gasteiger partial charge on any atom is 0.266 e. The fraction of sp³-hybridized carbons (Fsp3) is 0.105. The Morgan fingerprint density at radius 2 is 1.86 bits per heavy atom. The van der Waals surface area contributed by atoms with Gasteiger partial charge in [0.2, 0.25) is 11.0 Å². The molecule has 0 aliphatic rings. The van der Waals surface area contributed by atoms with Crippen molar-refractivity contribution in [1.29, 1.82) is 0 Å². The predicted octanol–water partition coefficient (Wildman–Crippen LogP) is 3.28. The van der Waals surface area contributed by atoms with Gasteiger partial charge in [0.05, 0.1) is 22.3 Å². The Labute approximate surface area is 168 Å². The molecule has 2 heterocycles. The first-order valence-electron chi connectivity index (χ1n) is 8.42. The molecule has 2 aromatic heterocycles. The van der Waals surface area contributed by atoms with Gasteiger partial charge in [0.15, 0.2) is 5.16 Å². The largest absolute Gasteiger partial charge is 0.300 e. The number of thioether (sulfide) groups is 1. The number of nitrogens with one attached hydrogen (secondary N) is 1. The third-order valence-corrected chi connectivity index (χ3v) is 5.56. The third-order valence-electron chi connectivity index (χ3n) is 3.86. The molecule has 0 radical (unpaired) electrons. The molecular formula is C19H15N5O2S2. The van der Waals surface area contributed by atoms with Crippen molar-refractivity contribution in [1.82, 2.24) is 19.7 Å². The van der Waals surface area contributed by atoms with Gasteiger partial charge in [-0.3, -0.25) is 19.5 Å². The Morgan fingerprint density at radius 1 is 1.11 bits per heavy atom. The van der Waals surface area contributed by atoms with Crippen molar-refractivity contribution < 1.29 is 4.79 Å². The molecule has 0 saturated heterocycles. The van der Waals surface area contributed by atoms with Crippen LogP contribution in [0.4, 0.5) is 5.13 Å². The van der Waals surface area contributed by atoms with Crippen molar-refractivity contribution in [3.8, 4) is 5.69 Å². The van der Waals surface area contributed by atoms with Gasteiger partial charge in [-0.15, -0.1) is 10.2 Å². The number of carbonyl (C=O) groups is 1. The number of aryl methyl sites for hydroxylation is 1. The first-order valence-corrected chi connectivity index (χ1v) is 10.2. The molecule has 9 heteroatoms. The highest BCUT2D eigenvalue weighted by Gasteiger charge is 2.15. The summed E-state index contributed by atoms with van der Waals surface area (Å²) in [5, 5.41) is 12.7. The number of benzene rings is 2. The molecule has 0 aliphatic heterocycles. The van der Waals surface area contributed by atoms with Crippen molar-refractivity contribution in [2.24, 2.45) is 0 Å². The van der Waals surface area contributed by atoms with Crippen LogP contribution in [0.3, 0.4) is 0 Å². The Hall–Kier alpha value is -3.04. The highest BCUT2D eigenvalue weighted by atomic mass is 32.2. The number of hydrogen-bond acceptors (Lipinski definition) is 7. The summed E-state index contributed by atoms with van der Waals surface area (Å²) in [6.07, 6.45) is 0. The van der Waals surface area contributed by atoms with Crippen molar-refractivity contribution in [3.05, 3.63) is 70.0 Å². The number of rotatable bonds is 5. The van der Waals surface area contributed by atoms with Crippen LogP contribution in [-0.2, 0) is 4.79 Å². The molecule has 0 fully saturated rings. The molecular weight excluding hydrogens is 394 g/mol. The number of para-hydroxylation sites is 2. The van der Waals surface area contributed by atoms with E-state index in [1.807, 2.05) is 49.4 Å². The van der Waals surface area contributed by atoms with E-state index in [-0.39, 0.29) is 17.2 Å². The van der Waals surface area contributed by atoms with Gasteiger partial charge in [0.1, 0.15) is 5.01 Å². The summed E-state index contributed by atoms with van der Waals surface area (Å²) in [7, 11) is 0. The minimum Gasteiger partial charge on any atom is -0.300 e. The molecule has 1 amide bonds. The van der Waals surface area contributed by atoms with Gasteiger partial charge in [0, 0.05) is 0 Å².